The van der Waals surface area contributed by atoms with Gasteiger partial charge in [-0.2, -0.15) is 0 Å². The Morgan fingerprint density at radius 1 is 1.12 bits per heavy atom. The van der Waals surface area contributed by atoms with E-state index in [-0.39, 0.29) is 0 Å². The second kappa shape index (κ2) is 5.89. The van der Waals surface area contributed by atoms with E-state index < -0.39 is 0 Å². The van der Waals surface area contributed by atoms with E-state index in [1.807, 2.05) is 31.2 Å². The van der Waals surface area contributed by atoms with Gasteiger partial charge in [-0.3, -0.25) is 0 Å². The third-order valence-electron chi connectivity index (χ3n) is 2.60. The molecule has 0 saturated heterocycles. The van der Waals surface area contributed by atoms with Gasteiger partial charge < -0.3 is 9.73 Å². The minimum absolute atomic E-state index is 0.779. The highest BCUT2D eigenvalue weighted by atomic mass is 35.5. The molecule has 3 heteroatoms. The van der Waals surface area contributed by atoms with Crippen molar-refractivity contribution in [2.24, 2.45) is 0 Å². The summed E-state index contributed by atoms with van der Waals surface area (Å²) in [7, 11) is 0. The average Bonchev–Trinajstić information content (AvgIpc) is 2.73. The zero-order chi connectivity index (χ0) is 12.1. The number of halogens is 1. The van der Waals surface area contributed by atoms with Gasteiger partial charge in [-0.15, -0.1) is 0 Å². The summed E-state index contributed by atoms with van der Waals surface area (Å²) in [4.78, 5) is 0. The smallest absolute Gasteiger partial charge is 0.117 e. The first-order valence-corrected chi connectivity index (χ1v) is 6.12. The first-order valence-electron chi connectivity index (χ1n) is 5.74. The maximum Gasteiger partial charge on any atom is 0.117 e. The quantitative estimate of drug-likeness (QED) is 0.820. The molecule has 0 aliphatic rings. The molecule has 1 aromatic carbocycles. The van der Waals surface area contributed by atoms with Crippen molar-refractivity contribution in [1.29, 1.82) is 0 Å². The predicted molar refractivity (Wildman–Crippen MR) is 70.3 cm³/mol. The Balaban J connectivity index is 1.71. The summed E-state index contributed by atoms with van der Waals surface area (Å²) in [6.07, 6.45) is 0.997. The molecule has 90 valence electrons. The van der Waals surface area contributed by atoms with E-state index in [1.54, 1.807) is 0 Å². The second-order valence-corrected chi connectivity index (χ2v) is 4.50. The van der Waals surface area contributed by atoms with Gasteiger partial charge in [0.15, 0.2) is 0 Å². The molecule has 1 heterocycles. The van der Waals surface area contributed by atoms with Gasteiger partial charge in [0.25, 0.3) is 0 Å². The van der Waals surface area contributed by atoms with Crippen molar-refractivity contribution < 1.29 is 4.42 Å². The highest BCUT2D eigenvalue weighted by Gasteiger charge is 1.98. The Morgan fingerprint density at radius 3 is 2.53 bits per heavy atom. The summed E-state index contributed by atoms with van der Waals surface area (Å²) in [6, 6.07) is 11.9. The van der Waals surface area contributed by atoms with Gasteiger partial charge in [-0.1, -0.05) is 23.7 Å². The van der Waals surface area contributed by atoms with Crippen LogP contribution in [0.25, 0.3) is 0 Å². The first-order chi connectivity index (χ1) is 8.24. The lowest BCUT2D eigenvalue weighted by atomic mass is 10.1. The van der Waals surface area contributed by atoms with Gasteiger partial charge in [0.05, 0.1) is 6.54 Å². The fourth-order valence-corrected chi connectivity index (χ4v) is 1.80. The lowest BCUT2D eigenvalue weighted by Gasteiger charge is -2.03. The molecule has 1 aromatic heterocycles. The van der Waals surface area contributed by atoms with Crippen molar-refractivity contribution in [3.8, 4) is 0 Å². The summed E-state index contributed by atoms with van der Waals surface area (Å²) >= 11 is 5.83. The lowest BCUT2D eigenvalue weighted by Crippen LogP contribution is -2.16. The molecule has 0 fully saturated rings. The molecule has 0 radical (unpaired) electrons. The van der Waals surface area contributed by atoms with E-state index in [2.05, 4.69) is 17.4 Å². The largest absolute Gasteiger partial charge is 0.465 e. The van der Waals surface area contributed by atoms with Gasteiger partial charge in [0, 0.05) is 5.02 Å². The maximum absolute atomic E-state index is 5.83. The van der Waals surface area contributed by atoms with Crippen LogP contribution in [-0.2, 0) is 13.0 Å². The van der Waals surface area contributed by atoms with Crippen LogP contribution in [0, 0.1) is 6.92 Å². The van der Waals surface area contributed by atoms with Gasteiger partial charge in [0.2, 0.25) is 0 Å². The zero-order valence-electron chi connectivity index (χ0n) is 9.87. The Bertz CT molecular complexity index is 461. The van der Waals surface area contributed by atoms with Gasteiger partial charge in [-0.05, 0) is 49.7 Å². The van der Waals surface area contributed by atoms with E-state index in [0.717, 1.165) is 36.1 Å². The van der Waals surface area contributed by atoms with Crippen LogP contribution in [0.1, 0.15) is 17.1 Å². The molecular weight excluding hydrogens is 234 g/mol. The highest BCUT2D eigenvalue weighted by Crippen LogP contribution is 2.10. The van der Waals surface area contributed by atoms with Gasteiger partial charge in [0.1, 0.15) is 11.5 Å². The third-order valence-corrected chi connectivity index (χ3v) is 2.85. The van der Waals surface area contributed by atoms with Gasteiger partial charge >= 0.3 is 0 Å². The summed E-state index contributed by atoms with van der Waals surface area (Å²) in [6.45, 7) is 3.67. The van der Waals surface area contributed by atoms with Gasteiger partial charge in [-0.25, -0.2) is 0 Å². The Kier molecular flexibility index (Phi) is 4.24. The minimum Gasteiger partial charge on any atom is -0.465 e. The maximum atomic E-state index is 5.83. The fourth-order valence-electron chi connectivity index (χ4n) is 1.68. The second-order valence-electron chi connectivity index (χ2n) is 4.07. The van der Waals surface area contributed by atoms with Crippen molar-refractivity contribution in [2.75, 3.05) is 6.54 Å². The third kappa shape index (κ3) is 3.91. The normalized spacial score (nSPS) is 10.7. The predicted octanol–water partition coefficient (Wildman–Crippen LogP) is 3.57. The molecule has 0 aliphatic heterocycles. The van der Waals surface area contributed by atoms with E-state index in [4.69, 9.17) is 16.0 Å². The highest BCUT2D eigenvalue weighted by molar-refractivity contribution is 6.30. The summed E-state index contributed by atoms with van der Waals surface area (Å²) in [5.74, 6) is 1.94. The molecule has 0 unspecified atom stereocenters. The van der Waals surface area contributed by atoms with E-state index in [0.29, 0.717) is 0 Å². The van der Waals surface area contributed by atoms with Crippen molar-refractivity contribution in [3.05, 3.63) is 58.5 Å². The summed E-state index contributed by atoms with van der Waals surface area (Å²) in [5.41, 5.74) is 1.29. The molecule has 0 bridgehead atoms. The zero-order valence-corrected chi connectivity index (χ0v) is 10.6. The van der Waals surface area contributed by atoms with E-state index in [9.17, 15) is 0 Å². The Labute approximate surface area is 107 Å². The molecule has 0 saturated carbocycles. The van der Waals surface area contributed by atoms with E-state index in [1.165, 1.54) is 5.56 Å². The number of rotatable bonds is 5. The molecule has 0 amide bonds. The van der Waals surface area contributed by atoms with Crippen LogP contribution in [0.5, 0.6) is 0 Å². The number of aryl methyl sites for hydroxylation is 1. The van der Waals surface area contributed by atoms with Crippen LogP contribution in [0.3, 0.4) is 0 Å². The SMILES string of the molecule is Cc1ccc(CNCCc2ccc(Cl)cc2)o1. The molecule has 17 heavy (non-hydrogen) atoms. The number of benzene rings is 1. The molecule has 0 spiro atoms. The fraction of sp³-hybridized carbons (Fsp3) is 0.286. The van der Waals surface area contributed by atoms with Crippen LogP contribution < -0.4 is 5.32 Å². The number of hydrogen-bond donors (Lipinski definition) is 1. The Morgan fingerprint density at radius 2 is 1.88 bits per heavy atom. The molecule has 0 aliphatic carbocycles. The molecule has 0 atom stereocenters. The molecular formula is C14H16ClNO. The van der Waals surface area contributed by atoms with Crippen LogP contribution >= 0.6 is 11.6 Å². The molecule has 2 nitrogen and oxygen atoms in total. The standard InChI is InChI=1S/C14H16ClNO/c1-11-2-7-14(17-11)10-16-9-8-12-3-5-13(15)6-4-12/h2-7,16H,8-10H2,1H3. The van der Waals surface area contributed by atoms with Crippen molar-refractivity contribution >= 4 is 11.6 Å². The number of nitrogens with one attached hydrogen (secondary N) is 1. The number of furan rings is 1. The minimum atomic E-state index is 0.779. The van der Waals surface area contributed by atoms with Crippen molar-refractivity contribution in [3.63, 3.8) is 0 Å². The van der Waals surface area contributed by atoms with Crippen LogP contribution in [0.15, 0.2) is 40.8 Å². The summed E-state index contributed by atoms with van der Waals surface area (Å²) < 4.78 is 5.47. The Hall–Kier alpha value is -1.25. The van der Waals surface area contributed by atoms with Crippen LogP contribution in [0.2, 0.25) is 5.02 Å². The molecule has 2 aromatic rings. The summed E-state index contributed by atoms with van der Waals surface area (Å²) in [5, 5.41) is 4.14. The molecule has 2 rings (SSSR count). The van der Waals surface area contributed by atoms with Crippen LogP contribution in [-0.4, -0.2) is 6.54 Å². The van der Waals surface area contributed by atoms with Crippen LogP contribution in [0.4, 0.5) is 0 Å². The monoisotopic (exact) mass is 249 g/mol. The first kappa shape index (κ1) is 12.2. The number of hydrogen-bond acceptors (Lipinski definition) is 2. The van der Waals surface area contributed by atoms with Crippen molar-refractivity contribution in [1.82, 2.24) is 5.32 Å². The van der Waals surface area contributed by atoms with E-state index >= 15 is 0 Å². The average molecular weight is 250 g/mol. The topological polar surface area (TPSA) is 25.2 Å². The lowest BCUT2D eigenvalue weighted by molar-refractivity contribution is 0.463. The molecule has 1 N–H and O–H groups in total. The van der Waals surface area contributed by atoms with Crippen molar-refractivity contribution in [2.45, 2.75) is 19.9 Å².